The van der Waals surface area contributed by atoms with E-state index in [0.717, 1.165) is 60.7 Å². The Morgan fingerprint density at radius 3 is 2.87 bits per heavy atom. The van der Waals surface area contributed by atoms with Crippen LogP contribution in [0.5, 0.6) is 0 Å². The van der Waals surface area contributed by atoms with Crippen LogP contribution in [0.4, 0.5) is 11.4 Å². The summed E-state index contributed by atoms with van der Waals surface area (Å²) >= 11 is 1.66. The molecule has 5 rings (SSSR count). The van der Waals surface area contributed by atoms with Crippen LogP contribution in [0.2, 0.25) is 0 Å². The van der Waals surface area contributed by atoms with E-state index < -0.39 is 0 Å². The van der Waals surface area contributed by atoms with Gasteiger partial charge in [0.2, 0.25) is 0 Å². The predicted molar refractivity (Wildman–Crippen MR) is 133 cm³/mol. The number of hydrogen-bond donors (Lipinski definition) is 3. The van der Waals surface area contributed by atoms with E-state index in [1.54, 1.807) is 11.3 Å². The predicted octanol–water partition coefficient (Wildman–Crippen LogP) is 6.97. The van der Waals surface area contributed by atoms with Crippen LogP contribution in [-0.2, 0) is 0 Å². The number of aromatic nitrogens is 3. The van der Waals surface area contributed by atoms with Crippen LogP contribution in [-0.4, -0.2) is 20.9 Å². The molecule has 5 aromatic rings. The molecule has 0 aliphatic carbocycles. The van der Waals surface area contributed by atoms with Crippen LogP contribution >= 0.6 is 11.3 Å². The second kappa shape index (κ2) is 7.74. The highest BCUT2D eigenvalue weighted by atomic mass is 32.1. The monoisotopic (exact) mass is 423 g/mol. The third-order valence-corrected chi connectivity index (χ3v) is 6.23. The minimum absolute atomic E-state index is 0.837. The van der Waals surface area contributed by atoms with Crippen molar-refractivity contribution in [3.05, 3.63) is 89.4 Å². The number of anilines is 1. The number of rotatable bonds is 6. The summed E-state index contributed by atoms with van der Waals surface area (Å²) in [6.45, 7) is 10.1. The van der Waals surface area contributed by atoms with Crippen molar-refractivity contribution in [2.75, 3.05) is 5.32 Å². The third-order valence-electron chi connectivity index (χ3n) is 5.21. The van der Waals surface area contributed by atoms with Crippen molar-refractivity contribution in [1.29, 1.82) is 0 Å². The summed E-state index contributed by atoms with van der Waals surface area (Å²) in [6.07, 6.45) is 3.63. The van der Waals surface area contributed by atoms with Gasteiger partial charge in [0.15, 0.2) is 0 Å². The van der Waals surface area contributed by atoms with Gasteiger partial charge in [0.05, 0.1) is 33.7 Å². The van der Waals surface area contributed by atoms with Gasteiger partial charge in [0.1, 0.15) is 0 Å². The van der Waals surface area contributed by atoms with Gasteiger partial charge in [-0.1, -0.05) is 25.3 Å². The number of nitrogens with one attached hydrogen (secondary N) is 3. The van der Waals surface area contributed by atoms with E-state index >= 15 is 0 Å². The highest BCUT2D eigenvalue weighted by Crippen LogP contribution is 2.29. The Bertz CT molecular complexity index is 1460. The second-order valence-corrected chi connectivity index (χ2v) is 8.25. The molecule has 3 aromatic heterocycles. The molecule has 5 nitrogen and oxygen atoms in total. The minimum Gasteiger partial charge on any atom is -0.355 e. The molecular weight excluding hydrogens is 402 g/mol. The van der Waals surface area contributed by atoms with Crippen LogP contribution in [0.1, 0.15) is 23.1 Å². The second-order valence-electron chi connectivity index (χ2n) is 7.34. The average molecular weight is 424 g/mol. The molecule has 0 amide bonds. The van der Waals surface area contributed by atoms with Crippen molar-refractivity contribution in [3.8, 4) is 0 Å². The zero-order valence-electron chi connectivity index (χ0n) is 17.1. The van der Waals surface area contributed by atoms with Crippen LogP contribution in [0, 0.1) is 0 Å². The van der Waals surface area contributed by atoms with E-state index in [1.165, 1.54) is 0 Å². The van der Waals surface area contributed by atoms with Crippen molar-refractivity contribution < 1.29 is 0 Å². The Labute approximate surface area is 183 Å². The lowest BCUT2D eigenvalue weighted by molar-refractivity contribution is 1.12. The summed E-state index contributed by atoms with van der Waals surface area (Å²) in [6, 6.07) is 16.4. The lowest BCUT2D eigenvalue weighted by Gasteiger charge is -2.11. The highest BCUT2D eigenvalue weighted by Gasteiger charge is 2.11. The van der Waals surface area contributed by atoms with Gasteiger partial charge < -0.3 is 10.3 Å². The maximum Gasteiger partial charge on any atom is 0.0717 e. The van der Waals surface area contributed by atoms with E-state index in [9.17, 15) is 0 Å². The zero-order chi connectivity index (χ0) is 21.4. The van der Waals surface area contributed by atoms with E-state index in [-0.39, 0.29) is 0 Å². The smallest absolute Gasteiger partial charge is 0.0717 e. The molecular formula is C25H21N5S. The van der Waals surface area contributed by atoms with Crippen LogP contribution in [0.25, 0.3) is 33.6 Å². The maximum absolute atomic E-state index is 4.83. The largest absolute Gasteiger partial charge is 0.355 e. The molecule has 0 fully saturated rings. The number of benzene rings is 2. The Hall–Kier alpha value is -3.90. The van der Waals surface area contributed by atoms with Gasteiger partial charge in [0.25, 0.3) is 0 Å². The molecule has 0 saturated carbocycles. The number of aromatic amines is 2. The fourth-order valence-corrected chi connectivity index (χ4v) is 4.42. The third kappa shape index (κ3) is 3.69. The molecule has 0 bridgehead atoms. The fraction of sp³-hybridized carbons (Fsp3) is 0.0400. The van der Waals surface area contributed by atoms with Crippen LogP contribution < -0.4 is 5.32 Å². The molecule has 0 aliphatic rings. The van der Waals surface area contributed by atoms with Crippen molar-refractivity contribution in [2.24, 2.45) is 4.99 Å². The van der Waals surface area contributed by atoms with Gasteiger partial charge in [-0.2, -0.15) is 5.10 Å². The SMILES string of the molecule is C=Cc1cc2ccc(C(=C)Nc3ccsc3C(C)=Nc3ccc4[nH]ncc4c3)cc2[nH]1. The number of nitrogens with zero attached hydrogens (tertiary/aromatic N) is 2. The van der Waals surface area contributed by atoms with Gasteiger partial charge in [0, 0.05) is 27.7 Å². The van der Waals surface area contributed by atoms with E-state index in [4.69, 9.17) is 4.99 Å². The molecule has 0 aliphatic heterocycles. The number of aliphatic imine (C=N–C) groups is 1. The Balaban J connectivity index is 1.40. The molecule has 152 valence electrons. The van der Waals surface area contributed by atoms with Crippen molar-refractivity contribution >= 4 is 62.0 Å². The number of H-pyrrole nitrogens is 2. The number of hydrogen-bond acceptors (Lipinski definition) is 4. The van der Waals surface area contributed by atoms with E-state index in [2.05, 4.69) is 69.4 Å². The molecule has 31 heavy (non-hydrogen) atoms. The molecule has 0 spiro atoms. The normalized spacial score (nSPS) is 11.8. The highest BCUT2D eigenvalue weighted by molar-refractivity contribution is 7.12. The van der Waals surface area contributed by atoms with Gasteiger partial charge in [-0.15, -0.1) is 11.3 Å². The molecule has 2 aromatic carbocycles. The first kappa shape index (κ1) is 19.1. The first-order valence-electron chi connectivity index (χ1n) is 9.88. The van der Waals surface area contributed by atoms with Gasteiger partial charge in [-0.05, 0) is 60.3 Å². The molecule has 0 radical (unpaired) electrons. The number of thiophene rings is 1. The Morgan fingerprint density at radius 1 is 1.10 bits per heavy atom. The van der Waals surface area contributed by atoms with Crippen molar-refractivity contribution in [1.82, 2.24) is 15.2 Å². The van der Waals surface area contributed by atoms with E-state index in [1.807, 2.05) is 37.4 Å². The molecule has 3 N–H and O–H groups in total. The molecule has 6 heteroatoms. The minimum atomic E-state index is 0.837. The van der Waals surface area contributed by atoms with Gasteiger partial charge in [-0.25, -0.2) is 0 Å². The summed E-state index contributed by atoms with van der Waals surface area (Å²) in [4.78, 5) is 9.27. The van der Waals surface area contributed by atoms with E-state index in [0.29, 0.717) is 0 Å². The zero-order valence-corrected chi connectivity index (χ0v) is 17.9. The summed E-state index contributed by atoms with van der Waals surface area (Å²) < 4.78 is 0. The topological polar surface area (TPSA) is 68.9 Å². The van der Waals surface area contributed by atoms with Gasteiger partial charge in [-0.3, -0.25) is 10.1 Å². The van der Waals surface area contributed by atoms with Gasteiger partial charge >= 0.3 is 0 Å². The average Bonchev–Trinajstić information content (AvgIpc) is 3.51. The first-order chi connectivity index (χ1) is 15.1. The summed E-state index contributed by atoms with van der Waals surface area (Å²) in [5.74, 6) is 0. The molecule has 3 heterocycles. The Kier molecular flexibility index (Phi) is 4.76. The maximum atomic E-state index is 4.83. The summed E-state index contributed by atoms with van der Waals surface area (Å²) in [5, 5.41) is 14.8. The van der Waals surface area contributed by atoms with Crippen molar-refractivity contribution in [2.45, 2.75) is 6.92 Å². The molecule has 0 saturated heterocycles. The fourth-order valence-electron chi connectivity index (χ4n) is 3.61. The Morgan fingerprint density at radius 2 is 2.00 bits per heavy atom. The lowest BCUT2D eigenvalue weighted by Crippen LogP contribution is -2.01. The standard InChI is InChI=1S/C25H21N5S/c1-4-20-11-18-6-5-17(13-24(18)29-20)15(2)28-23-9-10-31-25(23)16(3)27-21-7-8-22-19(12-21)14-26-30-22/h4-14,28-29H,1-2H2,3H3,(H,26,30). The molecule has 0 atom stereocenters. The first-order valence-corrected chi connectivity index (χ1v) is 10.8. The summed E-state index contributed by atoms with van der Waals surface area (Å²) in [5.41, 5.74) is 7.79. The lowest BCUT2D eigenvalue weighted by atomic mass is 10.1. The van der Waals surface area contributed by atoms with Crippen molar-refractivity contribution in [3.63, 3.8) is 0 Å². The van der Waals surface area contributed by atoms with Crippen LogP contribution in [0.3, 0.4) is 0 Å². The quantitative estimate of drug-likeness (QED) is 0.258. The van der Waals surface area contributed by atoms with Crippen LogP contribution in [0.15, 0.2) is 78.3 Å². The summed E-state index contributed by atoms with van der Waals surface area (Å²) in [7, 11) is 0. The molecule has 0 unspecified atom stereocenters. The number of fused-ring (bicyclic) bond motifs is 2.